The molecular weight excluding hydrogens is 1000 g/mol. The molecule has 0 spiro atoms. The first kappa shape index (κ1) is 32.6. The summed E-state index contributed by atoms with van der Waals surface area (Å²) in [5.74, 6) is -0.0624. The van der Waals surface area contributed by atoms with E-state index in [0.29, 0.717) is 46.3 Å². The number of hydrogen-bond acceptors (Lipinski definition) is 5. The molecule has 0 radical (unpaired) electrons. The fourth-order valence-corrected chi connectivity index (χ4v) is 10.3. The third kappa shape index (κ3) is 6.57. The molecule has 178 valence electrons. The largest absolute Gasteiger partial charge is 1.00 e. The number of carbonyl (C=O) groups is 1. The number of ketones is 1. The number of aromatic hydroxyl groups is 1. The third-order valence-electron chi connectivity index (χ3n) is 4.85. The first-order valence-electron chi connectivity index (χ1n) is 8.71. The standard InChI is InChI=1S/C19H10Br8O5S.Na/c20-7-1-5(2-8(21)17(7)28)11(6-3-9(22)18(29)10(23)4-6)12-13(24)14(25)15(26)16(27)19(12)33(30,31)32;/h1-2,9-10,28H,3-4H2,(H,30,31,32);/q;+1/p-1. The Morgan fingerprint density at radius 2 is 1.32 bits per heavy atom. The molecule has 0 bridgehead atoms. The molecule has 1 N–H and O–H groups in total. The minimum absolute atomic E-state index is 0. The van der Waals surface area contributed by atoms with Crippen LogP contribution in [0.5, 0.6) is 5.75 Å². The van der Waals surface area contributed by atoms with E-state index in [1.54, 1.807) is 12.1 Å². The van der Waals surface area contributed by atoms with E-state index in [-0.39, 0.29) is 51.1 Å². The van der Waals surface area contributed by atoms with Crippen LogP contribution in [0.3, 0.4) is 0 Å². The predicted molar refractivity (Wildman–Crippen MR) is 154 cm³/mol. The van der Waals surface area contributed by atoms with Gasteiger partial charge in [-0.2, -0.15) is 0 Å². The van der Waals surface area contributed by atoms with Crippen LogP contribution in [0.25, 0.3) is 5.57 Å². The van der Waals surface area contributed by atoms with E-state index in [0.717, 1.165) is 5.57 Å². The molecule has 5 nitrogen and oxygen atoms in total. The second kappa shape index (κ2) is 12.7. The van der Waals surface area contributed by atoms with Crippen LogP contribution in [-0.4, -0.2) is 33.5 Å². The summed E-state index contributed by atoms with van der Waals surface area (Å²) in [5, 5.41) is 10.2. The van der Waals surface area contributed by atoms with Crippen LogP contribution in [-0.2, 0) is 14.9 Å². The Morgan fingerprint density at radius 3 is 1.76 bits per heavy atom. The van der Waals surface area contributed by atoms with Crippen molar-refractivity contribution in [1.82, 2.24) is 0 Å². The van der Waals surface area contributed by atoms with Crippen molar-refractivity contribution in [3.8, 4) is 5.75 Å². The second-order valence-corrected chi connectivity index (χ2v) is 15.3. The monoisotopic (exact) mass is 1000 g/mol. The minimum atomic E-state index is -4.96. The SMILES string of the molecule is O=C1C(Br)CC(=C(c2cc(Br)c(O)c(Br)c2)c2c(Br)c(Br)c(Br)c(Br)c2S(=O)(=O)[O-])CC1Br.[Na+]. The van der Waals surface area contributed by atoms with Gasteiger partial charge in [-0.1, -0.05) is 37.4 Å². The Labute approximate surface area is 285 Å². The molecular formula is C19H9Br8NaO5S. The van der Waals surface area contributed by atoms with Crippen molar-refractivity contribution in [1.29, 1.82) is 0 Å². The number of phenols is 1. The van der Waals surface area contributed by atoms with Gasteiger partial charge in [0.25, 0.3) is 0 Å². The van der Waals surface area contributed by atoms with Crippen LogP contribution < -0.4 is 29.6 Å². The van der Waals surface area contributed by atoms with Crippen molar-refractivity contribution in [2.45, 2.75) is 27.4 Å². The van der Waals surface area contributed by atoms with Gasteiger partial charge in [0.05, 0.1) is 28.0 Å². The molecule has 2 atom stereocenters. The Bertz CT molecular complexity index is 1290. The average Bonchev–Trinajstić information content (AvgIpc) is 2.71. The molecule has 2 unspecified atom stereocenters. The molecule has 34 heavy (non-hydrogen) atoms. The summed E-state index contributed by atoms with van der Waals surface area (Å²) in [6.45, 7) is 0. The molecule has 1 saturated carbocycles. The van der Waals surface area contributed by atoms with Gasteiger partial charge in [-0.15, -0.1) is 0 Å². The number of benzene rings is 2. The van der Waals surface area contributed by atoms with E-state index in [1.165, 1.54) is 0 Å². The van der Waals surface area contributed by atoms with Crippen LogP contribution in [0.4, 0.5) is 0 Å². The number of rotatable bonds is 3. The fourth-order valence-electron chi connectivity index (χ4n) is 3.42. The molecule has 0 saturated heterocycles. The van der Waals surface area contributed by atoms with E-state index in [2.05, 4.69) is 127 Å². The summed E-state index contributed by atoms with van der Waals surface area (Å²) >= 11 is 27.0. The zero-order valence-electron chi connectivity index (χ0n) is 16.7. The molecule has 0 aliphatic heterocycles. The summed E-state index contributed by atoms with van der Waals surface area (Å²) < 4.78 is 39.4. The Kier molecular flexibility index (Phi) is 12.2. The number of alkyl halides is 2. The number of hydrogen-bond donors (Lipinski definition) is 1. The van der Waals surface area contributed by atoms with E-state index in [9.17, 15) is 22.9 Å². The summed E-state index contributed by atoms with van der Waals surface area (Å²) in [6, 6.07) is 3.26. The molecule has 1 fully saturated rings. The van der Waals surface area contributed by atoms with Crippen LogP contribution >= 0.6 is 127 Å². The van der Waals surface area contributed by atoms with Gasteiger partial charge in [-0.25, -0.2) is 8.42 Å². The van der Waals surface area contributed by atoms with Gasteiger partial charge in [-0.3, -0.25) is 4.79 Å². The molecule has 15 heteroatoms. The summed E-state index contributed by atoms with van der Waals surface area (Å²) in [5.41, 5.74) is 1.87. The maximum Gasteiger partial charge on any atom is 1.00 e. The third-order valence-corrected chi connectivity index (χ3v) is 13.5. The van der Waals surface area contributed by atoms with Crippen LogP contribution in [0.2, 0.25) is 0 Å². The average molecular weight is 1010 g/mol. The predicted octanol–water partition coefficient (Wildman–Crippen LogP) is 5.57. The van der Waals surface area contributed by atoms with Gasteiger partial charge in [0.2, 0.25) is 0 Å². The smallest absolute Gasteiger partial charge is 0.744 e. The fraction of sp³-hybridized carbons (Fsp3) is 0.211. The van der Waals surface area contributed by atoms with Crippen LogP contribution in [0, 0.1) is 0 Å². The molecule has 2 aromatic carbocycles. The summed E-state index contributed by atoms with van der Waals surface area (Å²) in [7, 11) is -4.96. The first-order chi connectivity index (χ1) is 15.2. The molecule has 0 amide bonds. The first-order valence-corrected chi connectivity index (χ1v) is 16.7. The molecule has 0 heterocycles. The van der Waals surface area contributed by atoms with Crippen molar-refractivity contribution >= 4 is 149 Å². The van der Waals surface area contributed by atoms with E-state index in [1.807, 2.05) is 0 Å². The summed E-state index contributed by atoms with van der Waals surface area (Å²) in [4.78, 5) is 11.0. The normalized spacial score (nSPS) is 18.6. The van der Waals surface area contributed by atoms with Crippen molar-refractivity contribution in [3.63, 3.8) is 0 Å². The topological polar surface area (TPSA) is 94.5 Å². The molecule has 3 rings (SSSR count). The number of carbonyl (C=O) groups excluding carboxylic acids is 1. The van der Waals surface area contributed by atoms with Crippen molar-refractivity contribution in [2.24, 2.45) is 0 Å². The Hall–Kier alpha value is 2.40. The van der Waals surface area contributed by atoms with Gasteiger partial charge in [0.15, 0.2) is 5.78 Å². The van der Waals surface area contributed by atoms with E-state index in [4.69, 9.17) is 0 Å². The van der Waals surface area contributed by atoms with Gasteiger partial charge in [0, 0.05) is 19.0 Å². The Balaban J connectivity index is 0.00000408. The van der Waals surface area contributed by atoms with E-state index >= 15 is 0 Å². The van der Waals surface area contributed by atoms with E-state index < -0.39 is 24.7 Å². The minimum Gasteiger partial charge on any atom is -0.744 e. The maximum atomic E-state index is 12.5. The number of phenolic OH excluding ortho intramolecular Hbond substituents is 1. The van der Waals surface area contributed by atoms with Gasteiger partial charge in [-0.05, 0) is 132 Å². The molecule has 2 aromatic rings. The van der Waals surface area contributed by atoms with Crippen molar-refractivity contribution in [3.05, 3.63) is 55.7 Å². The maximum absolute atomic E-state index is 12.5. The second-order valence-electron chi connectivity index (χ2n) is 6.93. The number of Topliss-reactive ketones (excluding diaryl/α,β-unsaturated/α-hetero) is 1. The van der Waals surface area contributed by atoms with Gasteiger partial charge in [0.1, 0.15) is 15.9 Å². The molecule has 0 aromatic heterocycles. The number of allylic oxidation sites excluding steroid dienone is 1. The van der Waals surface area contributed by atoms with Crippen LogP contribution in [0.1, 0.15) is 24.0 Å². The van der Waals surface area contributed by atoms with Gasteiger partial charge < -0.3 is 9.66 Å². The molecule has 1 aliphatic carbocycles. The van der Waals surface area contributed by atoms with Crippen LogP contribution in [0.15, 0.2) is 49.4 Å². The zero-order valence-corrected chi connectivity index (χ0v) is 32.2. The van der Waals surface area contributed by atoms with Crippen molar-refractivity contribution < 1.29 is 52.4 Å². The van der Waals surface area contributed by atoms with Crippen molar-refractivity contribution in [2.75, 3.05) is 0 Å². The zero-order chi connectivity index (χ0) is 25.0. The number of halogens is 8. The van der Waals surface area contributed by atoms with Gasteiger partial charge >= 0.3 is 29.6 Å². The quantitative estimate of drug-likeness (QED) is 0.143. The molecule has 1 aliphatic rings. The summed E-state index contributed by atoms with van der Waals surface area (Å²) in [6.07, 6.45) is 0.588. The Morgan fingerprint density at radius 1 is 0.882 bits per heavy atom.